The molecule has 0 aliphatic heterocycles. The van der Waals surface area contributed by atoms with Crippen molar-refractivity contribution in [2.75, 3.05) is 6.61 Å². The van der Waals surface area contributed by atoms with Crippen LogP contribution in [0, 0.1) is 0 Å². The highest BCUT2D eigenvalue weighted by atomic mass is 32.2. The SMILES string of the molecule is CCC(C)(CCO)NS(=O)(=O)C(F)(F)F. The molecule has 0 rings (SSSR count). The highest BCUT2D eigenvalue weighted by Gasteiger charge is 2.48. The zero-order valence-electron chi connectivity index (χ0n) is 8.43. The number of alkyl halides is 3. The molecule has 0 aliphatic carbocycles. The van der Waals surface area contributed by atoms with Crippen molar-refractivity contribution in [2.24, 2.45) is 0 Å². The van der Waals surface area contributed by atoms with Gasteiger partial charge in [0.2, 0.25) is 0 Å². The average Bonchev–Trinajstić information content (AvgIpc) is 2.01. The molecule has 92 valence electrons. The molecule has 15 heavy (non-hydrogen) atoms. The van der Waals surface area contributed by atoms with Crippen LogP contribution in [0.15, 0.2) is 0 Å². The molecule has 0 aliphatic rings. The third-order valence-corrected chi connectivity index (χ3v) is 3.50. The van der Waals surface area contributed by atoms with Crippen molar-refractivity contribution in [3.8, 4) is 0 Å². The third kappa shape index (κ3) is 3.96. The minimum absolute atomic E-state index is 0.0706. The number of aliphatic hydroxyl groups excluding tert-OH is 1. The first-order valence-corrected chi connectivity index (χ1v) is 5.77. The Labute approximate surface area is 86.5 Å². The maximum absolute atomic E-state index is 12.0. The average molecular weight is 249 g/mol. The van der Waals surface area contributed by atoms with Crippen LogP contribution in [0.4, 0.5) is 13.2 Å². The molecule has 0 heterocycles. The van der Waals surface area contributed by atoms with Gasteiger partial charge in [-0.25, -0.2) is 13.1 Å². The van der Waals surface area contributed by atoms with Crippen LogP contribution in [0.25, 0.3) is 0 Å². The van der Waals surface area contributed by atoms with Crippen molar-refractivity contribution in [3.05, 3.63) is 0 Å². The number of hydrogen-bond donors (Lipinski definition) is 2. The molecule has 0 saturated heterocycles. The second-order valence-electron chi connectivity index (χ2n) is 3.44. The summed E-state index contributed by atoms with van der Waals surface area (Å²) in [5.41, 5.74) is -6.60. The van der Waals surface area contributed by atoms with E-state index in [1.54, 1.807) is 4.72 Å². The van der Waals surface area contributed by atoms with Gasteiger partial charge in [-0.15, -0.1) is 0 Å². The van der Waals surface area contributed by atoms with Crippen molar-refractivity contribution < 1.29 is 26.7 Å². The van der Waals surface area contributed by atoms with Crippen LogP contribution in [0.5, 0.6) is 0 Å². The molecule has 0 spiro atoms. The first kappa shape index (κ1) is 14.7. The number of sulfonamides is 1. The number of nitrogens with one attached hydrogen (secondary N) is 1. The molecule has 8 heteroatoms. The Hall–Kier alpha value is -0.340. The maximum atomic E-state index is 12.0. The lowest BCUT2D eigenvalue weighted by atomic mass is 9.97. The fourth-order valence-corrected chi connectivity index (χ4v) is 1.94. The monoisotopic (exact) mass is 249 g/mol. The summed E-state index contributed by atoms with van der Waals surface area (Å²) >= 11 is 0. The normalized spacial score (nSPS) is 17.5. The summed E-state index contributed by atoms with van der Waals surface area (Å²) in [7, 11) is -5.35. The summed E-state index contributed by atoms with van der Waals surface area (Å²) in [4.78, 5) is 0. The first-order chi connectivity index (χ1) is 6.58. The van der Waals surface area contributed by atoms with E-state index < -0.39 is 21.1 Å². The molecule has 0 amide bonds. The van der Waals surface area contributed by atoms with Crippen LogP contribution >= 0.6 is 0 Å². The van der Waals surface area contributed by atoms with Gasteiger partial charge in [-0.1, -0.05) is 6.92 Å². The second kappa shape index (κ2) is 4.67. The smallest absolute Gasteiger partial charge is 0.396 e. The van der Waals surface area contributed by atoms with E-state index in [0.29, 0.717) is 0 Å². The Morgan fingerprint density at radius 3 is 2.07 bits per heavy atom. The lowest BCUT2D eigenvalue weighted by Gasteiger charge is -2.28. The molecule has 0 radical (unpaired) electrons. The van der Waals surface area contributed by atoms with Gasteiger partial charge in [0.1, 0.15) is 0 Å². The summed E-state index contributed by atoms with van der Waals surface area (Å²) in [6.07, 6.45) is 0.0850. The van der Waals surface area contributed by atoms with E-state index in [4.69, 9.17) is 5.11 Å². The van der Waals surface area contributed by atoms with E-state index in [1.807, 2.05) is 0 Å². The van der Waals surface area contributed by atoms with E-state index >= 15 is 0 Å². The van der Waals surface area contributed by atoms with Crippen molar-refractivity contribution >= 4 is 10.0 Å². The fourth-order valence-electron chi connectivity index (χ4n) is 0.929. The Balaban J connectivity index is 4.85. The van der Waals surface area contributed by atoms with Crippen LogP contribution < -0.4 is 4.72 Å². The Morgan fingerprint density at radius 2 is 1.80 bits per heavy atom. The van der Waals surface area contributed by atoms with Crippen LogP contribution in [0.3, 0.4) is 0 Å². The summed E-state index contributed by atoms with van der Waals surface area (Å²) in [6, 6.07) is 0. The van der Waals surface area contributed by atoms with Gasteiger partial charge in [-0.2, -0.15) is 13.2 Å². The Morgan fingerprint density at radius 1 is 1.33 bits per heavy atom. The standard InChI is InChI=1S/C7H14F3NO3S/c1-3-6(2,4-5-12)11-15(13,14)7(8,9)10/h11-12H,3-5H2,1-2H3. The zero-order chi connectivity index (χ0) is 12.3. The Bertz CT molecular complexity index is 301. The molecule has 0 aromatic rings. The minimum Gasteiger partial charge on any atom is -0.396 e. The van der Waals surface area contributed by atoms with Gasteiger partial charge in [0.25, 0.3) is 0 Å². The van der Waals surface area contributed by atoms with Gasteiger partial charge in [-0.05, 0) is 19.8 Å². The van der Waals surface area contributed by atoms with Crippen LogP contribution in [0.2, 0.25) is 0 Å². The molecule has 4 nitrogen and oxygen atoms in total. The number of rotatable bonds is 5. The summed E-state index contributed by atoms with van der Waals surface area (Å²) < 4.78 is 59.2. The van der Waals surface area contributed by atoms with Crippen LogP contribution in [0.1, 0.15) is 26.7 Å². The predicted molar refractivity (Wildman–Crippen MR) is 48.5 cm³/mol. The van der Waals surface area contributed by atoms with Crippen molar-refractivity contribution in [1.29, 1.82) is 0 Å². The molecular formula is C7H14F3NO3S. The molecule has 0 bridgehead atoms. The number of halogens is 3. The maximum Gasteiger partial charge on any atom is 0.511 e. The van der Waals surface area contributed by atoms with Crippen molar-refractivity contribution in [1.82, 2.24) is 4.72 Å². The molecule has 0 aromatic heterocycles. The minimum atomic E-state index is -5.35. The molecule has 2 N–H and O–H groups in total. The van der Waals surface area contributed by atoms with Gasteiger partial charge in [0, 0.05) is 12.1 Å². The molecule has 0 fully saturated rings. The van der Waals surface area contributed by atoms with Gasteiger partial charge in [0.05, 0.1) is 0 Å². The molecule has 0 aromatic carbocycles. The van der Waals surface area contributed by atoms with Gasteiger partial charge in [-0.3, -0.25) is 0 Å². The van der Waals surface area contributed by atoms with E-state index in [0.717, 1.165) is 0 Å². The lowest BCUT2D eigenvalue weighted by molar-refractivity contribution is -0.0458. The molecule has 1 atom stereocenters. The summed E-state index contributed by atoms with van der Waals surface area (Å²) in [6.45, 7) is 2.46. The van der Waals surface area contributed by atoms with Gasteiger partial charge < -0.3 is 5.11 Å². The highest BCUT2D eigenvalue weighted by molar-refractivity contribution is 7.90. The lowest BCUT2D eigenvalue weighted by Crippen LogP contribution is -2.50. The fraction of sp³-hybridized carbons (Fsp3) is 1.00. The molecule has 1 unspecified atom stereocenters. The van der Waals surface area contributed by atoms with Gasteiger partial charge >= 0.3 is 15.5 Å². The third-order valence-electron chi connectivity index (χ3n) is 2.13. The summed E-state index contributed by atoms with van der Waals surface area (Å²) in [5.74, 6) is 0. The van der Waals surface area contributed by atoms with Crippen LogP contribution in [-0.2, 0) is 10.0 Å². The summed E-state index contributed by atoms with van der Waals surface area (Å²) in [5, 5.41) is 8.62. The largest absolute Gasteiger partial charge is 0.511 e. The Kier molecular flexibility index (Phi) is 4.56. The van der Waals surface area contributed by atoms with Crippen molar-refractivity contribution in [2.45, 2.75) is 37.7 Å². The van der Waals surface area contributed by atoms with E-state index in [1.165, 1.54) is 13.8 Å². The number of hydrogen-bond acceptors (Lipinski definition) is 3. The second-order valence-corrected chi connectivity index (χ2v) is 5.11. The van der Waals surface area contributed by atoms with E-state index in [2.05, 4.69) is 0 Å². The molecular weight excluding hydrogens is 235 g/mol. The zero-order valence-corrected chi connectivity index (χ0v) is 9.24. The molecule has 0 saturated carbocycles. The van der Waals surface area contributed by atoms with E-state index in [9.17, 15) is 21.6 Å². The highest BCUT2D eigenvalue weighted by Crippen LogP contribution is 2.25. The quantitative estimate of drug-likeness (QED) is 0.763. The van der Waals surface area contributed by atoms with Gasteiger partial charge in [0.15, 0.2) is 0 Å². The predicted octanol–water partition coefficient (Wildman–Crippen LogP) is 0.977. The van der Waals surface area contributed by atoms with Crippen molar-refractivity contribution in [3.63, 3.8) is 0 Å². The topological polar surface area (TPSA) is 66.4 Å². The van der Waals surface area contributed by atoms with Crippen LogP contribution in [-0.4, -0.2) is 31.2 Å². The first-order valence-electron chi connectivity index (χ1n) is 4.29. The van der Waals surface area contributed by atoms with E-state index in [-0.39, 0.29) is 19.4 Å². The number of aliphatic hydroxyl groups is 1.